The summed E-state index contributed by atoms with van der Waals surface area (Å²) in [5.74, 6) is 0.760. The zero-order valence-electron chi connectivity index (χ0n) is 16.9. The van der Waals surface area contributed by atoms with Gasteiger partial charge in [-0.3, -0.25) is 0 Å². The van der Waals surface area contributed by atoms with Crippen molar-refractivity contribution in [3.63, 3.8) is 0 Å². The number of phenols is 4. The van der Waals surface area contributed by atoms with E-state index >= 15 is 0 Å². The van der Waals surface area contributed by atoms with E-state index in [-0.39, 0.29) is 34.8 Å². The maximum Gasteiger partial charge on any atom is 0.115 e. The van der Waals surface area contributed by atoms with Crippen molar-refractivity contribution in [2.75, 3.05) is 0 Å². The van der Waals surface area contributed by atoms with Gasteiger partial charge < -0.3 is 20.4 Å². The largest absolute Gasteiger partial charge is 0.508 e. The molecule has 31 heavy (non-hydrogen) atoms. The van der Waals surface area contributed by atoms with Gasteiger partial charge in [-0.1, -0.05) is 48.5 Å². The molecule has 1 atom stereocenters. The molecule has 0 saturated heterocycles. The number of hydrogen-bond donors (Lipinski definition) is 4. The lowest BCUT2D eigenvalue weighted by Crippen LogP contribution is -2.16. The van der Waals surface area contributed by atoms with E-state index in [4.69, 9.17) is 0 Å². The average Bonchev–Trinajstić information content (AvgIpc) is 2.78. The maximum absolute atomic E-state index is 9.81. The molecule has 4 rings (SSSR count). The summed E-state index contributed by atoms with van der Waals surface area (Å²) in [6.07, 6.45) is 0.692. The molecular formula is C27H24O4. The molecule has 0 aromatic heterocycles. The third-order valence-electron chi connectivity index (χ3n) is 5.62. The highest BCUT2D eigenvalue weighted by molar-refractivity contribution is 5.43. The number of aromatic hydroxyl groups is 4. The summed E-state index contributed by atoms with van der Waals surface area (Å²) >= 11 is 0. The van der Waals surface area contributed by atoms with Crippen molar-refractivity contribution in [3.8, 4) is 23.0 Å². The molecule has 4 nitrogen and oxygen atoms in total. The average molecular weight is 412 g/mol. The molecule has 0 saturated carbocycles. The Morgan fingerprint density at radius 2 is 0.742 bits per heavy atom. The van der Waals surface area contributed by atoms with E-state index in [0.29, 0.717) is 6.42 Å². The highest BCUT2D eigenvalue weighted by Crippen LogP contribution is 2.42. The van der Waals surface area contributed by atoms with Crippen LogP contribution in [0.25, 0.3) is 0 Å². The van der Waals surface area contributed by atoms with Gasteiger partial charge in [0.15, 0.2) is 0 Å². The molecule has 4 N–H and O–H groups in total. The van der Waals surface area contributed by atoms with Crippen molar-refractivity contribution < 1.29 is 20.4 Å². The van der Waals surface area contributed by atoms with Crippen LogP contribution in [0.5, 0.6) is 23.0 Å². The van der Waals surface area contributed by atoms with Gasteiger partial charge in [0.25, 0.3) is 0 Å². The van der Waals surface area contributed by atoms with Crippen LogP contribution in [0.3, 0.4) is 0 Å². The summed E-state index contributed by atoms with van der Waals surface area (Å²) in [5, 5.41) is 39.1. The second-order valence-corrected chi connectivity index (χ2v) is 7.73. The summed E-state index contributed by atoms with van der Waals surface area (Å²) < 4.78 is 0. The summed E-state index contributed by atoms with van der Waals surface area (Å²) in [4.78, 5) is 0. The molecule has 4 aromatic rings. The van der Waals surface area contributed by atoms with Crippen LogP contribution in [0.15, 0.2) is 97.1 Å². The lowest BCUT2D eigenvalue weighted by Gasteiger charge is -2.29. The predicted octanol–water partition coefficient (Wildman–Crippen LogP) is 5.67. The van der Waals surface area contributed by atoms with E-state index in [1.807, 2.05) is 48.5 Å². The molecule has 0 spiro atoms. The van der Waals surface area contributed by atoms with Crippen molar-refractivity contribution in [1.29, 1.82) is 0 Å². The Morgan fingerprint density at radius 1 is 0.419 bits per heavy atom. The van der Waals surface area contributed by atoms with E-state index in [1.165, 1.54) is 0 Å². The van der Waals surface area contributed by atoms with E-state index in [0.717, 1.165) is 22.3 Å². The SMILES string of the molecule is Oc1ccc(CC(c2ccc(O)cc2)C(c2ccc(O)cc2)c2ccc(O)cc2)cc1. The molecule has 156 valence electrons. The van der Waals surface area contributed by atoms with Crippen LogP contribution in [0.4, 0.5) is 0 Å². The van der Waals surface area contributed by atoms with Gasteiger partial charge in [-0.25, -0.2) is 0 Å². The highest BCUT2D eigenvalue weighted by atomic mass is 16.3. The zero-order chi connectivity index (χ0) is 21.8. The fourth-order valence-electron chi connectivity index (χ4n) is 4.06. The van der Waals surface area contributed by atoms with Crippen LogP contribution in [-0.2, 0) is 6.42 Å². The number of benzene rings is 4. The van der Waals surface area contributed by atoms with Gasteiger partial charge in [0.1, 0.15) is 23.0 Å². The molecule has 0 amide bonds. The first-order chi connectivity index (χ1) is 15.0. The fourth-order valence-corrected chi connectivity index (χ4v) is 4.06. The summed E-state index contributed by atoms with van der Waals surface area (Å²) in [7, 11) is 0. The summed E-state index contributed by atoms with van der Waals surface area (Å²) in [5.41, 5.74) is 4.18. The first kappa shape index (κ1) is 20.4. The van der Waals surface area contributed by atoms with Crippen LogP contribution in [-0.4, -0.2) is 20.4 Å². The molecule has 0 fully saturated rings. The first-order valence-electron chi connectivity index (χ1n) is 10.1. The monoisotopic (exact) mass is 412 g/mol. The molecule has 0 radical (unpaired) electrons. The Morgan fingerprint density at radius 3 is 1.13 bits per heavy atom. The first-order valence-corrected chi connectivity index (χ1v) is 10.1. The fraction of sp³-hybridized carbons (Fsp3) is 0.111. The third kappa shape index (κ3) is 4.81. The Balaban J connectivity index is 1.85. The molecule has 1 unspecified atom stereocenters. The predicted molar refractivity (Wildman–Crippen MR) is 121 cm³/mol. The minimum Gasteiger partial charge on any atom is -0.508 e. The number of phenolic OH excluding ortho intramolecular Hbond substituents is 4. The van der Waals surface area contributed by atoms with Gasteiger partial charge >= 0.3 is 0 Å². The van der Waals surface area contributed by atoms with E-state index in [9.17, 15) is 20.4 Å². The van der Waals surface area contributed by atoms with Gasteiger partial charge in [-0.15, -0.1) is 0 Å². The Hall–Kier alpha value is -3.92. The van der Waals surface area contributed by atoms with Crippen LogP contribution in [0, 0.1) is 0 Å². The van der Waals surface area contributed by atoms with Crippen molar-refractivity contribution >= 4 is 0 Å². The standard InChI is InChI=1S/C27H24O4/c28-22-9-1-18(2-10-22)17-26(19-3-11-23(29)12-4-19)27(20-5-13-24(30)14-6-20)21-7-15-25(31)16-8-21/h1-16,26-31H,17H2. The highest BCUT2D eigenvalue weighted by Gasteiger charge is 2.27. The lowest BCUT2D eigenvalue weighted by molar-refractivity contribution is 0.472. The van der Waals surface area contributed by atoms with Crippen LogP contribution < -0.4 is 0 Å². The van der Waals surface area contributed by atoms with E-state index in [1.54, 1.807) is 48.5 Å². The molecule has 0 bridgehead atoms. The minimum atomic E-state index is -0.0699. The van der Waals surface area contributed by atoms with Crippen molar-refractivity contribution in [3.05, 3.63) is 119 Å². The summed E-state index contributed by atoms with van der Waals surface area (Å²) in [6, 6.07) is 28.8. The van der Waals surface area contributed by atoms with Crippen molar-refractivity contribution in [1.82, 2.24) is 0 Å². The molecular weight excluding hydrogens is 388 g/mol. The van der Waals surface area contributed by atoms with Gasteiger partial charge in [0, 0.05) is 5.92 Å². The summed E-state index contributed by atoms with van der Waals surface area (Å²) in [6.45, 7) is 0. The zero-order valence-corrected chi connectivity index (χ0v) is 16.9. The van der Waals surface area contributed by atoms with Gasteiger partial charge in [0.2, 0.25) is 0 Å². The van der Waals surface area contributed by atoms with Gasteiger partial charge in [-0.2, -0.15) is 0 Å². The molecule has 0 aliphatic rings. The smallest absolute Gasteiger partial charge is 0.115 e. The van der Waals surface area contributed by atoms with Gasteiger partial charge in [0.05, 0.1) is 0 Å². The Labute approximate surface area is 181 Å². The normalized spacial score (nSPS) is 12.0. The Kier molecular flexibility index (Phi) is 5.80. The molecule has 4 heteroatoms. The van der Waals surface area contributed by atoms with Crippen LogP contribution >= 0.6 is 0 Å². The topological polar surface area (TPSA) is 80.9 Å². The second kappa shape index (κ2) is 8.84. The molecule has 4 aromatic carbocycles. The lowest BCUT2D eigenvalue weighted by atomic mass is 9.74. The number of hydrogen-bond acceptors (Lipinski definition) is 4. The van der Waals surface area contributed by atoms with E-state index < -0.39 is 0 Å². The molecule has 0 aliphatic carbocycles. The van der Waals surface area contributed by atoms with Crippen LogP contribution in [0.2, 0.25) is 0 Å². The quantitative estimate of drug-likeness (QED) is 0.329. The van der Waals surface area contributed by atoms with Crippen molar-refractivity contribution in [2.24, 2.45) is 0 Å². The minimum absolute atomic E-state index is 0.000714. The third-order valence-corrected chi connectivity index (χ3v) is 5.62. The van der Waals surface area contributed by atoms with Gasteiger partial charge in [-0.05, 0) is 83.1 Å². The molecule has 0 aliphatic heterocycles. The van der Waals surface area contributed by atoms with Crippen molar-refractivity contribution in [2.45, 2.75) is 18.3 Å². The second-order valence-electron chi connectivity index (χ2n) is 7.73. The van der Waals surface area contributed by atoms with E-state index in [2.05, 4.69) is 0 Å². The Bertz CT molecular complexity index is 1070. The number of rotatable bonds is 6. The maximum atomic E-state index is 9.81. The van der Waals surface area contributed by atoms with Crippen LogP contribution in [0.1, 0.15) is 34.1 Å². The molecule has 0 heterocycles.